The normalized spacial score (nSPS) is 12.3. The second-order valence-electron chi connectivity index (χ2n) is 6.69. The molecule has 1 heterocycles. The fourth-order valence-electron chi connectivity index (χ4n) is 1.49. The highest BCUT2D eigenvalue weighted by Gasteiger charge is 2.37. The molecule has 118 valence electrons. The first-order valence-electron chi connectivity index (χ1n) is 7.39. The molecule has 0 aliphatic heterocycles. The van der Waals surface area contributed by atoms with Crippen molar-refractivity contribution < 1.29 is 14.0 Å². The minimum absolute atomic E-state index is 0.191. The Kier molecular flexibility index (Phi) is 6.10. The topological polar surface area (TPSA) is 48.4 Å². The summed E-state index contributed by atoms with van der Waals surface area (Å²) in [5.41, 5.74) is 1.76. The maximum Gasteiger partial charge on any atom is 0.310 e. The van der Waals surface area contributed by atoms with E-state index in [1.54, 1.807) is 13.1 Å². The predicted molar refractivity (Wildman–Crippen MR) is 86.6 cm³/mol. The SMILES string of the molecule is CCOC(=O)Cc1ccc(CO[Si](C)(C)C(C)(C)C)nc1. The minimum Gasteiger partial charge on any atom is -0.466 e. The molecule has 5 heteroatoms. The summed E-state index contributed by atoms with van der Waals surface area (Å²) in [6, 6.07) is 3.83. The van der Waals surface area contributed by atoms with Crippen molar-refractivity contribution in [2.24, 2.45) is 0 Å². The number of carbonyl (C=O) groups excluding carboxylic acids is 1. The third kappa shape index (κ3) is 5.59. The van der Waals surface area contributed by atoms with Gasteiger partial charge in [-0.3, -0.25) is 9.78 Å². The molecule has 0 spiro atoms. The molecule has 0 amide bonds. The summed E-state index contributed by atoms with van der Waals surface area (Å²) >= 11 is 0. The number of hydrogen-bond donors (Lipinski definition) is 0. The average Bonchev–Trinajstić information content (AvgIpc) is 2.37. The van der Waals surface area contributed by atoms with E-state index in [2.05, 4.69) is 38.8 Å². The van der Waals surface area contributed by atoms with Gasteiger partial charge in [-0.05, 0) is 36.7 Å². The smallest absolute Gasteiger partial charge is 0.310 e. The lowest BCUT2D eigenvalue weighted by molar-refractivity contribution is -0.142. The van der Waals surface area contributed by atoms with Crippen LogP contribution in [0.4, 0.5) is 0 Å². The number of ether oxygens (including phenoxy) is 1. The van der Waals surface area contributed by atoms with E-state index in [1.165, 1.54) is 0 Å². The minimum atomic E-state index is -1.75. The monoisotopic (exact) mass is 309 g/mol. The quantitative estimate of drug-likeness (QED) is 0.594. The molecule has 0 unspecified atom stereocenters. The molecule has 1 aromatic heterocycles. The first-order chi connectivity index (χ1) is 9.65. The number of nitrogens with zero attached hydrogens (tertiary/aromatic N) is 1. The van der Waals surface area contributed by atoms with E-state index in [-0.39, 0.29) is 17.4 Å². The van der Waals surface area contributed by atoms with Gasteiger partial charge in [0.05, 0.1) is 25.3 Å². The average molecular weight is 309 g/mol. The van der Waals surface area contributed by atoms with E-state index in [1.807, 2.05) is 12.1 Å². The zero-order chi connectivity index (χ0) is 16.1. The van der Waals surface area contributed by atoms with E-state index in [0.717, 1.165) is 11.3 Å². The zero-order valence-electron chi connectivity index (χ0n) is 14.0. The van der Waals surface area contributed by atoms with Crippen LogP contribution in [0.25, 0.3) is 0 Å². The van der Waals surface area contributed by atoms with E-state index in [4.69, 9.17) is 9.16 Å². The number of carbonyl (C=O) groups is 1. The molecule has 1 aromatic rings. The second kappa shape index (κ2) is 7.18. The van der Waals surface area contributed by atoms with Crippen molar-refractivity contribution in [3.63, 3.8) is 0 Å². The molecular formula is C16H27NO3Si. The van der Waals surface area contributed by atoms with Gasteiger partial charge >= 0.3 is 5.97 Å². The summed E-state index contributed by atoms with van der Waals surface area (Å²) < 4.78 is 11.0. The van der Waals surface area contributed by atoms with Gasteiger partial charge in [-0.25, -0.2) is 0 Å². The number of aromatic nitrogens is 1. The highest BCUT2D eigenvalue weighted by Crippen LogP contribution is 2.36. The second-order valence-corrected chi connectivity index (χ2v) is 11.5. The Morgan fingerprint density at radius 2 is 1.95 bits per heavy atom. The molecule has 0 radical (unpaired) electrons. The summed E-state index contributed by atoms with van der Waals surface area (Å²) in [4.78, 5) is 15.8. The van der Waals surface area contributed by atoms with Gasteiger partial charge in [0, 0.05) is 6.20 Å². The molecule has 0 N–H and O–H groups in total. The van der Waals surface area contributed by atoms with Gasteiger partial charge in [-0.1, -0.05) is 26.8 Å². The Morgan fingerprint density at radius 3 is 2.43 bits per heavy atom. The van der Waals surface area contributed by atoms with Crippen LogP contribution in [0.1, 0.15) is 39.0 Å². The molecule has 0 bridgehead atoms. The van der Waals surface area contributed by atoms with Crippen molar-refractivity contribution in [2.45, 2.75) is 58.9 Å². The van der Waals surface area contributed by atoms with Crippen LogP contribution in [0, 0.1) is 0 Å². The lowest BCUT2D eigenvalue weighted by atomic mass is 10.2. The molecule has 4 nitrogen and oxygen atoms in total. The van der Waals surface area contributed by atoms with E-state index < -0.39 is 8.32 Å². The van der Waals surface area contributed by atoms with Crippen LogP contribution in [0.3, 0.4) is 0 Å². The molecule has 0 saturated carbocycles. The van der Waals surface area contributed by atoms with Crippen LogP contribution in [-0.4, -0.2) is 25.9 Å². The highest BCUT2D eigenvalue weighted by molar-refractivity contribution is 6.74. The number of rotatable bonds is 6. The summed E-state index contributed by atoms with van der Waals surface area (Å²) in [7, 11) is -1.75. The molecule has 0 aliphatic carbocycles. The third-order valence-electron chi connectivity index (χ3n) is 3.93. The van der Waals surface area contributed by atoms with Gasteiger partial charge in [0.1, 0.15) is 0 Å². The van der Waals surface area contributed by atoms with Gasteiger partial charge in [-0.15, -0.1) is 0 Å². The summed E-state index contributed by atoms with van der Waals surface area (Å²) in [6.07, 6.45) is 1.99. The molecule has 0 aromatic carbocycles. The summed E-state index contributed by atoms with van der Waals surface area (Å²) in [5, 5.41) is 0.191. The first-order valence-corrected chi connectivity index (χ1v) is 10.3. The Hall–Kier alpha value is -1.20. The van der Waals surface area contributed by atoms with Gasteiger partial charge in [-0.2, -0.15) is 0 Å². The zero-order valence-corrected chi connectivity index (χ0v) is 15.0. The van der Waals surface area contributed by atoms with Crippen molar-refractivity contribution in [1.82, 2.24) is 4.98 Å². The lowest BCUT2D eigenvalue weighted by Gasteiger charge is -2.36. The third-order valence-corrected chi connectivity index (χ3v) is 8.41. The molecule has 0 aliphatic rings. The molecule has 1 rings (SSSR count). The fourth-order valence-corrected chi connectivity index (χ4v) is 2.44. The standard InChI is InChI=1S/C16H27NO3Si/c1-7-19-15(18)10-13-8-9-14(17-11-13)12-20-21(5,6)16(2,3)4/h8-9,11H,7,10,12H2,1-6H3. The van der Waals surface area contributed by atoms with Crippen molar-refractivity contribution >= 4 is 14.3 Å². The van der Waals surface area contributed by atoms with Crippen molar-refractivity contribution in [1.29, 1.82) is 0 Å². The molecular weight excluding hydrogens is 282 g/mol. The predicted octanol–water partition coefficient (Wildman–Crippen LogP) is 3.71. The van der Waals surface area contributed by atoms with Crippen LogP contribution in [0.5, 0.6) is 0 Å². The van der Waals surface area contributed by atoms with Crippen LogP contribution < -0.4 is 0 Å². The van der Waals surface area contributed by atoms with Gasteiger partial charge in [0.2, 0.25) is 0 Å². The molecule has 0 atom stereocenters. The maximum absolute atomic E-state index is 11.4. The van der Waals surface area contributed by atoms with Crippen molar-refractivity contribution in [3.05, 3.63) is 29.6 Å². The van der Waals surface area contributed by atoms with Gasteiger partial charge in [0.15, 0.2) is 8.32 Å². The van der Waals surface area contributed by atoms with Crippen LogP contribution in [0.2, 0.25) is 18.1 Å². The molecule has 21 heavy (non-hydrogen) atoms. The molecule has 0 fully saturated rings. The highest BCUT2D eigenvalue weighted by atomic mass is 28.4. The number of esters is 1. The van der Waals surface area contributed by atoms with Gasteiger partial charge < -0.3 is 9.16 Å². The number of hydrogen-bond acceptors (Lipinski definition) is 4. The largest absolute Gasteiger partial charge is 0.466 e. The number of pyridine rings is 1. The van der Waals surface area contributed by atoms with Gasteiger partial charge in [0.25, 0.3) is 0 Å². The van der Waals surface area contributed by atoms with Crippen molar-refractivity contribution in [3.8, 4) is 0 Å². The summed E-state index contributed by atoms with van der Waals surface area (Å²) in [5.74, 6) is -0.218. The maximum atomic E-state index is 11.4. The van der Waals surface area contributed by atoms with Crippen LogP contribution in [-0.2, 0) is 27.0 Å². The Balaban J connectivity index is 2.57. The van der Waals surface area contributed by atoms with E-state index in [9.17, 15) is 4.79 Å². The van der Waals surface area contributed by atoms with E-state index in [0.29, 0.717) is 13.2 Å². The lowest BCUT2D eigenvalue weighted by Crippen LogP contribution is -2.40. The van der Waals surface area contributed by atoms with Crippen molar-refractivity contribution in [2.75, 3.05) is 6.61 Å². The fraction of sp³-hybridized carbons (Fsp3) is 0.625. The van der Waals surface area contributed by atoms with Crippen LogP contribution >= 0.6 is 0 Å². The Labute approximate surface area is 129 Å². The van der Waals surface area contributed by atoms with Crippen LogP contribution in [0.15, 0.2) is 18.3 Å². The summed E-state index contributed by atoms with van der Waals surface area (Å²) in [6.45, 7) is 13.8. The first kappa shape index (κ1) is 17.8. The Morgan fingerprint density at radius 1 is 1.29 bits per heavy atom. The Bertz CT molecular complexity index is 463. The molecule has 0 saturated heterocycles. The van der Waals surface area contributed by atoms with E-state index >= 15 is 0 Å².